The van der Waals surface area contributed by atoms with Gasteiger partial charge in [0, 0.05) is 59.8 Å². The molecule has 30 heavy (non-hydrogen) atoms. The van der Waals surface area contributed by atoms with Gasteiger partial charge in [-0.25, -0.2) is 0 Å². The Kier molecular flexibility index (Phi) is 4.27. The van der Waals surface area contributed by atoms with Crippen molar-refractivity contribution in [3.63, 3.8) is 0 Å². The molecule has 5 aromatic rings. The lowest BCUT2D eigenvalue weighted by molar-refractivity contribution is 0.771. The maximum Gasteiger partial charge on any atom is 0.259 e. The maximum absolute atomic E-state index is 13.2. The van der Waals surface area contributed by atoms with Crippen LogP contribution in [0.4, 0.5) is 0 Å². The van der Waals surface area contributed by atoms with Gasteiger partial charge in [0.15, 0.2) is 0 Å². The highest BCUT2D eigenvalue weighted by atomic mass is 35.5. The maximum atomic E-state index is 13.2. The molecule has 150 valence electrons. The van der Waals surface area contributed by atoms with Gasteiger partial charge in [-0.05, 0) is 36.4 Å². The summed E-state index contributed by atoms with van der Waals surface area (Å²) in [5.41, 5.74) is 4.92. The van der Waals surface area contributed by atoms with E-state index in [4.69, 9.17) is 23.2 Å². The third-order valence-corrected chi connectivity index (χ3v) is 6.13. The molecule has 0 unspecified atom stereocenters. The summed E-state index contributed by atoms with van der Waals surface area (Å²) in [6.45, 7) is 0. The van der Waals surface area contributed by atoms with E-state index in [2.05, 4.69) is 23.3 Å². The molecule has 3 heterocycles. The van der Waals surface area contributed by atoms with E-state index < -0.39 is 0 Å². The van der Waals surface area contributed by atoms with E-state index in [0.29, 0.717) is 21.2 Å². The first-order valence-corrected chi connectivity index (χ1v) is 10.2. The second-order valence-corrected chi connectivity index (χ2v) is 8.29. The van der Waals surface area contributed by atoms with Crippen molar-refractivity contribution in [1.29, 1.82) is 0 Å². The summed E-state index contributed by atoms with van der Waals surface area (Å²) in [7, 11) is 5.66. The van der Waals surface area contributed by atoms with Crippen molar-refractivity contribution < 1.29 is 0 Å². The normalized spacial score (nSPS) is 11.6. The molecule has 2 aromatic carbocycles. The van der Waals surface area contributed by atoms with Crippen LogP contribution in [0, 0.1) is 0 Å². The minimum Gasteiger partial charge on any atom is -0.330 e. The van der Waals surface area contributed by atoms with Crippen molar-refractivity contribution in [2.75, 3.05) is 0 Å². The first-order valence-electron chi connectivity index (χ1n) is 9.43. The SMILES string of the molecule is Cn1ccc(-c2ccc3c(c2)c2cc(-c4ccc(Cl)cc4Cl)c(=O)n(C)c2n3C)n1. The fourth-order valence-electron chi connectivity index (χ4n) is 4.12. The second kappa shape index (κ2) is 6.76. The Morgan fingerprint density at radius 3 is 2.33 bits per heavy atom. The number of fused-ring (bicyclic) bond motifs is 3. The highest BCUT2D eigenvalue weighted by Crippen LogP contribution is 2.35. The first kappa shape index (κ1) is 19.0. The molecular weight excluding hydrogens is 419 g/mol. The molecule has 0 aliphatic carbocycles. The molecule has 0 atom stereocenters. The van der Waals surface area contributed by atoms with Gasteiger partial charge in [-0.1, -0.05) is 35.3 Å². The molecule has 5 rings (SSSR count). The van der Waals surface area contributed by atoms with Gasteiger partial charge < -0.3 is 4.57 Å². The molecule has 0 fully saturated rings. The lowest BCUT2D eigenvalue weighted by atomic mass is 10.0. The Bertz CT molecular complexity index is 1520. The van der Waals surface area contributed by atoms with Crippen molar-refractivity contribution >= 4 is 45.1 Å². The minimum atomic E-state index is -0.109. The zero-order valence-corrected chi connectivity index (χ0v) is 18.2. The largest absolute Gasteiger partial charge is 0.330 e. The standard InChI is InChI=1S/C23H18Cl2N4O/c1-27-9-8-20(26-27)13-4-7-21-16(10-13)17-12-18(15-6-5-14(24)11-19(15)25)23(30)29(3)22(17)28(21)2/h4-12H,1-3H3. The van der Waals surface area contributed by atoms with Gasteiger partial charge in [0.2, 0.25) is 0 Å². The summed E-state index contributed by atoms with van der Waals surface area (Å²) in [5, 5.41) is 7.54. The lowest BCUT2D eigenvalue weighted by Crippen LogP contribution is -2.20. The van der Waals surface area contributed by atoms with Crippen LogP contribution in [0.2, 0.25) is 10.0 Å². The Balaban J connectivity index is 1.85. The molecule has 3 aromatic heterocycles. The number of nitrogens with zero attached hydrogens (tertiary/aromatic N) is 4. The van der Waals surface area contributed by atoms with Crippen LogP contribution in [0.25, 0.3) is 44.3 Å². The summed E-state index contributed by atoms with van der Waals surface area (Å²) >= 11 is 12.5. The topological polar surface area (TPSA) is 44.8 Å². The fraction of sp³-hybridized carbons (Fsp3) is 0.130. The van der Waals surface area contributed by atoms with Crippen LogP contribution < -0.4 is 5.56 Å². The van der Waals surface area contributed by atoms with Gasteiger partial charge in [0.05, 0.1) is 16.2 Å². The van der Waals surface area contributed by atoms with Gasteiger partial charge in [-0.3, -0.25) is 14.0 Å². The number of hydrogen-bond donors (Lipinski definition) is 0. The van der Waals surface area contributed by atoms with E-state index in [9.17, 15) is 4.79 Å². The molecule has 0 saturated heterocycles. The number of halogens is 2. The molecule has 0 bridgehead atoms. The van der Waals surface area contributed by atoms with E-state index in [-0.39, 0.29) is 5.56 Å². The van der Waals surface area contributed by atoms with Gasteiger partial charge in [0.1, 0.15) is 5.65 Å². The molecule has 0 amide bonds. The highest BCUT2D eigenvalue weighted by molar-refractivity contribution is 6.36. The second-order valence-electron chi connectivity index (χ2n) is 7.45. The van der Waals surface area contributed by atoms with Crippen LogP contribution in [0.5, 0.6) is 0 Å². The summed E-state index contributed by atoms with van der Waals surface area (Å²) < 4.78 is 5.50. The molecule has 7 heteroatoms. The zero-order valence-electron chi connectivity index (χ0n) is 16.6. The van der Waals surface area contributed by atoms with Crippen molar-refractivity contribution in [3.05, 3.63) is 75.1 Å². The smallest absolute Gasteiger partial charge is 0.259 e. The molecule has 0 saturated carbocycles. The molecule has 0 radical (unpaired) electrons. The van der Waals surface area contributed by atoms with Crippen LogP contribution in [0.15, 0.2) is 59.5 Å². The average molecular weight is 437 g/mol. The first-order chi connectivity index (χ1) is 14.3. The monoisotopic (exact) mass is 436 g/mol. The summed E-state index contributed by atoms with van der Waals surface area (Å²) in [6.07, 6.45) is 1.92. The van der Waals surface area contributed by atoms with Crippen LogP contribution in [0.1, 0.15) is 0 Å². The summed E-state index contributed by atoms with van der Waals surface area (Å²) in [5.74, 6) is 0. The number of rotatable bonds is 2. The molecule has 0 spiro atoms. The molecule has 0 aliphatic heterocycles. The Morgan fingerprint density at radius 1 is 0.833 bits per heavy atom. The average Bonchev–Trinajstić information content (AvgIpc) is 3.26. The predicted molar refractivity (Wildman–Crippen MR) is 123 cm³/mol. The molecule has 5 nitrogen and oxygen atoms in total. The molecule has 0 aliphatic rings. The van der Waals surface area contributed by atoms with Crippen LogP contribution in [-0.2, 0) is 21.1 Å². The summed E-state index contributed by atoms with van der Waals surface area (Å²) in [4.78, 5) is 13.2. The zero-order chi connectivity index (χ0) is 21.2. The summed E-state index contributed by atoms with van der Waals surface area (Å²) in [6, 6.07) is 15.4. The van der Waals surface area contributed by atoms with Crippen LogP contribution in [0.3, 0.4) is 0 Å². The number of aromatic nitrogens is 4. The molecule has 0 N–H and O–H groups in total. The predicted octanol–water partition coefficient (Wildman–Crippen LogP) is 5.40. The Morgan fingerprint density at radius 2 is 1.63 bits per heavy atom. The fourth-order valence-corrected chi connectivity index (χ4v) is 4.63. The van der Waals surface area contributed by atoms with Crippen LogP contribution in [-0.4, -0.2) is 18.9 Å². The van der Waals surface area contributed by atoms with E-state index in [1.807, 2.05) is 37.0 Å². The Hall–Kier alpha value is -3.02. The van der Waals surface area contributed by atoms with Crippen LogP contribution >= 0.6 is 23.2 Å². The van der Waals surface area contributed by atoms with Crippen molar-refractivity contribution in [3.8, 4) is 22.4 Å². The molecular formula is C23H18Cl2N4O. The Labute approximate surface area is 182 Å². The van der Waals surface area contributed by atoms with E-state index in [0.717, 1.165) is 33.2 Å². The van der Waals surface area contributed by atoms with E-state index >= 15 is 0 Å². The third-order valence-electron chi connectivity index (χ3n) is 5.58. The number of pyridine rings is 1. The van der Waals surface area contributed by atoms with E-state index in [1.54, 1.807) is 34.5 Å². The highest BCUT2D eigenvalue weighted by Gasteiger charge is 2.18. The van der Waals surface area contributed by atoms with Crippen molar-refractivity contribution in [2.24, 2.45) is 21.1 Å². The van der Waals surface area contributed by atoms with Crippen molar-refractivity contribution in [1.82, 2.24) is 18.9 Å². The quantitative estimate of drug-likeness (QED) is 0.371. The minimum absolute atomic E-state index is 0.109. The van der Waals surface area contributed by atoms with Gasteiger partial charge >= 0.3 is 0 Å². The van der Waals surface area contributed by atoms with Gasteiger partial charge in [-0.15, -0.1) is 0 Å². The lowest BCUT2D eigenvalue weighted by Gasteiger charge is -2.09. The number of aryl methyl sites for hydroxylation is 3. The van der Waals surface area contributed by atoms with Gasteiger partial charge in [-0.2, -0.15) is 5.10 Å². The third kappa shape index (κ3) is 2.77. The van der Waals surface area contributed by atoms with Crippen molar-refractivity contribution in [2.45, 2.75) is 0 Å². The number of benzene rings is 2. The number of hydrogen-bond acceptors (Lipinski definition) is 2. The van der Waals surface area contributed by atoms with E-state index in [1.165, 1.54) is 0 Å². The van der Waals surface area contributed by atoms with Gasteiger partial charge in [0.25, 0.3) is 5.56 Å².